The zero-order chi connectivity index (χ0) is 13.6. The maximum Gasteiger partial charge on any atom is 0.252 e. The first-order chi connectivity index (χ1) is 8.38. The van der Waals surface area contributed by atoms with E-state index in [4.69, 9.17) is 0 Å². The van der Waals surface area contributed by atoms with Gasteiger partial charge in [-0.05, 0) is 28.4 Å². The van der Waals surface area contributed by atoms with Crippen molar-refractivity contribution in [2.45, 2.75) is 6.42 Å². The van der Waals surface area contributed by atoms with E-state index in [9.17, 15) is 13.2 Å². The van der Waals surface area contributed by atoms with E-state index in [1.807, 2.05) is 0 Å². The van der Waals surface area contributed by atoms with Crippen LogP contribution in [-0.2, 0) is 10.0 Å². The second kappa shape index (κ2) is 6.81. The lowest BCUT2D eigenvalue weighted by Crippen LogP contribution is -2.29. The molecule has 0 bridgehead atoms. The van der Waals surface area contributed by atoms with Crippen molar-refractivity contribution in [1.82, 2.24) is 15.0 Å². The second-order valence-corrected chi connectivity index (χ2v) is 6.42. The Morgan fingerprint density at radius 1 is 1.39 bits per heavy atom. The Labute approximate surface area is 114 Å². The van der Waals surface area contributed by atoms with Crippen molar-refractivity contribution in [2.75, 3.05) is 19.3 Å². The molecule has 0 fully saturated rings. The second-order valence-electron chi connectivity index (χ2n) is 3.67. The summed E-state index contributed by atoms with van der Waals surface area (Å²) >= 11 is 3.23. The molecular weight excluding hydrogens is 322 g/mol. The van der Waals surface area contributed by atoms with Crippen LogP contribution in [0.25, 0.3) is 0 Å². The normalized spacial score (nSPS) is 11.2. The highest BCUT2D eigenvalue weighted by atomic mass is 79.9. The van der Waals surface area contributed by atoms with Gasteiger partial charge in [-0.2, -0.15) is 0 Å². The van der Waals surface area contributed by atoms with Gasteiger partial charge < -0.3 is 5.32 Å². The lowest BCUT2D eigenvalue weighted by atomic mass is 10.2. The van der Waals surface area contributed by atoms with Gasteiger partial charge in [0, 0.05) is 30.0 Å². The molecule has 8 heteroatoms. The molecule has 0 spiro atoms. The topological polar surface area (TPSA) is 88.2 Å². The molecule has 1 aromatic heterocycles. The number of hydrogen-bond donors (Lipinski definition) is 2. The Morgan fingerprint density at radius 2 is 2.11 bits per heavy atom. The van der Waals surface area contributed by atoms with Crippen LogP contribution >= 0.6 is 15.9 Å². The first kappa shape index (κ1) is 15.1. The zero-order valence-electron chi connectivity index (χ0n) is 9.81. The average Bonchev–Trinajstić information content (AvgIpc) is 2.26. The number of rotatable bonds is 6. The van der Waals surface area contributed by atoms with Crippen LogP contribution in [-0.4, -0.2) is 38.7 Å². The summed E-state index contributed by atoms with van der Waals surface area (Å²) in [7, 11) is -3.16. The SMILES string of the molecule is CS(=O)(=O)NCCCNC(=O)c1cncc(Br)c1. The third-order valence-corrected chi connectivity index (χ3v) is 3.13. The zero-order valence-corrected chi connectivity index (χ0v) is 12.2. The summed E-state index contributed by atoms with van der Waals surface area (Å²) in [6, 6.07) is 1.66. The van der Waals surface area contributed by atoms with Crippen LogP contribution in [0, 0.1) is 0 Å². The van der Waals surface area contributed by atoms with E-state index in [0.717, 1.165) is 10.7 Å². The first-order valence-electron chi connectivity index (χ1n) is 5.22. The lowest BCUT2D eigenvalue weighted by Gasteiger charge is -2.05. The summed E-state index contributed by atoms with van der Waals surface area (Å²) in [6.07, 6.45) is 4.68. The molecule has 1 amide bonds. The molecule has 0 aliphatic heterocycles. The Balaban J connectivity index is 2.30. The third-order valence-electron chi connectivity index (χ3n) is 1.97. The van der Waals surface area contributed by atoms with Crippen LogP contribution < -0.4 is 10.0 Å². The highest BCUT2D eigenvalue weighted by Gasteiger charge is 2.05. The fourth-order valence-corrected chi connectivity index (χ4v) is 2.07. The van der Waals surface area contributed by atoms with Crippen LogP contribution in [0.2, 0.25) is 0 Å². The molecule has 0 unspecified atom stereocenters. The lowest BCUT2D eigenvalue weighted by molar-refractivity contribution is 0.0953. The molecule has 0 atom stereocenters. The van der Waals surface area contributed by atoms with Gasteiger partial charge in [-0.1, -0.05) is 0 Å². The number of amides is 1. The first-order valence-corrected chi connectivity index (χ1v) is 7.90. The van der Waals surface area contributed by atoms with Crippen molar-refractivity contribution in [1.29, 1.82) is 0 Å². The molecule has 2 N–H and O–H groups in total. The number of halogens is 1. The molecule has 6 nitrogen and oxygen atoms in total. The van der Waals surface area contributed by atoms with Gasteiger partial charge in [0.15, 0.2) is 0 Å². The van der Waals surface area contributed by atoms with E-state index in [2.05, 4.69) is 31.0 Å². The predicted molar refractivity (Wildman–Crippen MR) is 71.7 cm³/mol. The van der Waals surface area contributed by atoms with E-state index in [0.29, 0.717) is 25.1 Å². The van der Waals surface area contributed by atoms with Gasteiger partial charge in [-0.3, -0.25) is 9.78 Å². The number of pyridine rings is 1. The molecule has 1 rings (SSSR count). The van der Waals surface area contributed by atoms with Gasteiger partial charge in [0.2, 0.25) is 10.0 Å². The molecule has 0 aromatic carbocycles. The van der Waals surface area contributed by atoms with Crippen molar-refractivity contribution in [3.8, 4) is 0 Å². The molecule has 0 radical (unpaired) electrons. The van der Waals surface area contributed by atoms with E-state index in [1.54, 1.807) is 12.3 Å². The highest BCUT2D eigenvalue weighted by molar-refractivity contribution is 9.10. The highest BCUT2D eigenvalue weighted by Crippen LogP contribution is 2.09. The number of sulfonamides is 1. The van der Waals surface area contributed by atoms with Gasteiger partial charge in [-0.15, -0.1) is 0 Å². The number of nitrogens with one attached hydrogen (secondary N) is 2. The fraction of sp³-hybridized carbons (Fsp3) is 0.400. The Morgan fingerprint density at radius 3 is 2.72 bits per heavy atom. The van der Waals surface area contributed by atoms with Crippen molar-refractivity contribution >= 4 is 31.9 Å². The van der Waals surface area contributed by atoms with E-state index < -0.39 is 10.0 Å². The third kappa shape index (κ3) is 6.08. The van der Waals surface area contributed by atoms with Crippen molar-refractivity contribution in [3.05, 3.63) is 28.5 Å². The van der Waals surface area contributed by atoms with Gasteiger partial charge in [0.1, 0.15) is 0 Å². The number of hydrogen-bond acceptors (Lipinski definition) is 4. The Bertz CT molecular complexity index is 519. The molecule has 1 aromatic rings. The minimum Gasteiger partial charge on any atom is -0.352 e. The summed E-state index contributed by atoms with van der Waals surface area (Å²) in [5.74, 6) is -0.233. The minimum absolute atomic E-state index is 0.233. The minimum atomic E-state index is -3.16. The van der Waals surface area contributed by atoms with Crippen LogP contribution in [0.4, 0.5) is 0 Å². The Hall–Kier alpha value is -0.990. The van der Waals surface area contributed by atoms with Gasteiger partial charge in [-0.25, -0.2) is 13.1 Å². The molecule has 18 heavy (non-hydrogen) atoms. The number of carbonyl (C=O) groups excluding carboxylic acids is 1. The summed E-state index contributed by atoms with van der Waals surface area (Å²) in [4.78, 5) is 15.5. The smallest absolute Gasteiger partial charge is 0.252 e. The van der Waals surface area contributed by atoms with Gasteiger partial charge >= 0.3 is 0 Å². The fourth-order valence-electron chi connectivity index (χ4n) is 1.19. The molecule has 0 saturated heterocycles. The van der Waals surface area contributed by atoms with E-state index in [-0.39, 0.29) is 5.91 Å². The molecular formula is C10H14BrN3O3S. The molecule has 0 aliphatic rings. The standard InChI is InChI=1S/C10H14BrN3O3S/c1-18(16,17)14-4-2-3-13-10(15)8-5-9(11)7-12-6-8/h5-7,14H,2-4H2,1H3,(H,13,15). The summed E-state index contributed by atoms with van der Waals surface area (Å²) in [6.45, 7) is 0.698. The van der Waals surface area contributed by atoms with Crippen LogP contribution in [0.3, 0.4) is 0 Å². The van der Waals surface area contributed by atoms with Gasteiger partial charge in [0.05, 0.1) is 11.8 Å². The summed E-state index contributed by atoms with van der Waals surface area (Å²) < 4.78 is 24.6. The van der Waals surface area contributed by atoms with Crippen molar-refractivity contribution in [2.24, 2.45) is 0 Å². The molecule has 0 aliphatic carbocycles. The average molecular weight is 336 g/mol. The van der Waals surface area contributed by atoms with Crippen LogP contribution in [0.15, 0.2) is 22.9 Å². The number of aromatic nitrogens is 1. The van der Waals surface area contributed by atoms with Crippen LogP contribution in [0.1, 0.15) is 16.8 Å². The van der Waals surface area contributed by atoms with Crippen molar-refractivity contribution < 1.29 is 13.2 Å². The largest absolute Gasteiger partial charge is 0.352 e. The molecule has 0 saturated carbocycles. The number of nitrogens with zero attached hydrogens (tertiary/aromatic N) is 1. The van der Waals surface area contributed by atoms with E-state index >= 15 is 0 Å². The molecule has 1 heterocycles. The summed E-state index contributed by atoms with van der Waals surface area (Å²) in [5, 5.41) is 2.68. The number of carbonyl (C=O) groups is 1. The predicted octanol–water partition coefficient (Wildman–Crippen LogP) is 0.513. The quantitative estimate of drug-likeness (QED) is 0.741. The van der Waals surface area contributed by atoms with Crippen molar-refractivity contribution in [3.63, 3.8) is 0 Å². The summed E-state index contributed by atoms with van der Waals surface area (Å²) in [5.41, 5.74) is 0.459. The monoisotopic (exact) mass is 335 g/mol. The van der Waals surface area contributed by atoms with Gasteiger partial charge in [0.25, 0.3) is 5.91 Å². The Kier molecular flexibility index (Phi) is 5.70. The van der Waals surface area contributed by atoms with Crippen LogP contribution in [0.5, 0.6) is 0 Å². The molecule has 100 valence electrons. The maximum atomic E-state index is 11.6. The van der Waals surface area contributed by atoms with E-state index in [1.165, 1.54) is 6.20 Å². The maximum absolute atomic E-state index is 11.6.